The smallest absolute Gasteiger partial charge is 0.265 e. The number of hydrogen-bond acceptors (Lipinski definition) is 4. The van der Waals surface area contributed by atoms with E-state index < -0.39 is 12.1 Å². The van der Waals surface area contributed by atoms with Crippen LogP contribution in [0.4, 0.5) is 0 Å². The number of amides is 1. The van der Waals surface area contributed by atoms with Crippen LogP contribution < -0.4 is 14.8 Å². The number of fused-ring (bicyclic) bond motifs is 1. The Balaban J connectivity index is 1.63. The lowest BCUT2D eigenvalue weighted by Gasteiger charge is -2.28. The number of carbonyl (C=O) groups is 1. The number of carbonyl (C=O) groups excluding carboxylic acids is 1. The van der Waals surface area contributed by atoms with Crippen molar-refractivity contribution < 1.29 is 19.4 Å². The van der Waals surface area contributed by atoms with Crippen LogP contribution in [0, 0.1) is 0 Å². The molecule has 0 radical (unpaired) electrons. The van der Waals surface area contributed by atoms with Gasteiger partial charge in [0.05, 0.1) is 6.04 Å². The maximum atomic E-state index is 13.2. The van der Waals surface area contributed by atoms with E-state index in [0.29, 0.717) is 16.5 Å². The fourth-order valence-electron chi connectivity index (χ4n) is 3.62. The highest BCUT2D eigenvalue weighted by atomic mass is 35.5. The Morgan fingerprint density at radius 3 is 2.50 bits per heavy atom. The molecule has 0 aromatic heterocycles. The number of phenols is 1. The normalized spacial score (nSPS) is 16.3. The maximum absolute atomic E-state index is 13.2. The molecule has 166 valence electrons. The molecule has 2 unspecified atom stereocenters. The molecule has 1 aliphatic heterocycles. The summed E-state index contributed by atoms with van der Waals surface area (Å²) in [5.41, 5.74) is 3.01. The number of phenolic OH excluding ortho intramolecular Hbond substituents is 1. The molecule has 1 amide bonds. The van der Waals surface area contributed by atoms with E-state index in [1.807, 2.05) is 36.4 Å². The maximum Gasteiger partial charge on any atom is 0.265 e. The zero-order chi connectivity index (χ0) is 22.9. The van der Waals surface area contributed by atoms with Gasteiger partial charge in [0.1, 0.15) is 12.4 Å². The summed E-state index contributed by atoms with van der Waals surface area (Å²) in [6, 6.07) is 19.8. The molecule has 6 heteroatoms. The van der Waals surface area contributed by atoms with Crippen molar-refractivity contribution in [1.82, 2.24) is 5.32 Å². The number of hydrogen-bond donors (Lipinski definition) is 2. The minimum Gasteiger partial charge on any atom is -0.508 e. The van der Waals surface area contributed by atoms with Crippen molar-refractivity contribution in [3.05, 3.63) is 88.4 Å². The molecule has 4 rings (SSSR count). The van der Waals surface area contributed by atoms with Gasteiger partial charge in [0, 0.05) is 11.1 Å². The van der Waals surface area contributed by atoms with Crippen LogP contribution in [0.3, 0.4) is 0 Å². The lowest BCUT2D eigenvalue weighted by Crippen LogP contribution is -2.45. The summed E-state index contributed by atoms with van der Waals surface area (Å²) < 4.78 is 11.5. The molecule has 0 bridgehead atoms. The minimum absolute atomic E-state index is 0.0312. The topological polar surface area (TPSA) is 67.8 Å². The molecule has 32 heavy (non-hydrogen) atoms. The van der Waals surface area contributed by atoms with Gasteiger partial charge in [0.2, 0.25) is 6.10 Å². The minimum atomic E-state index is -0.843. The molecule has 0 saturated carbocycles. The summed E-state index contributed by atoms with van der Waals surface area (Å²) in [5, 5.41) is 13.5. The largest absolute Gasteiger partial charge is 0.508 e. The highest BCUT2D eigenvalue weighted by Crippen LogP contribution is 2.35. The Kier molecular flexibility index (Phi) is 6.02. The SMILES string of the molecule is CC(C)(C)c1cccc(C(NC(=O)C2COc3ccc(O)cc3O2)c2ccc(Cl)cc2)c1. The predicted octanol–water partition coefficient (Wildman–Crippen LogP) is 5.39. The standard InChI is InChI=1S/C26H26ClNO4/c1-26(2,3)18-6-4-5-17(13-18)24(16-7-9-19(27)10-8-16)28-25(30)23-15-31-21-12-11-20(29)14-22(21)32-23/h4-14,23-24,29H,15H2,1-3H3,(H,28,30). The molecule has 0 spiro atoms. The van der Waals surface area contributed by atoms with Crippen LogP contribution >= 0.6 is 11.6 Å². The number of aromatic hydroxyl groups is 1. The van der Waals surface area contributed by atoms with Gasteiger partial charge in [-0.1, -0.05) is 68.8 Å². The van der Waals surface area contributed by atoms with Crippen LogP contribution in [0.5, 0.6) is 17.2 Å². The lowest BCUT2D eigenvalue weighted by atomic mass is 9.84. The molecule has 3 aromatic rings. The van der Waals surface area contributed by atoms with Gasteiger partial charge in [-0.15, -0.1) is 0 Å². The van der Waals surface area contributed by atoms with Crippen LogP contribution in [0.2, 0.25) is 5.02 Å². The molecule has 3 aromatic carbocycles. The van der Waals surface area contributed by atoms with Crippen molar-refractivity contribution in [3.8, 4) is 17.2 Å². The van der Waals surface area contributed by atoms with E-state index >= 15 is 0 Å². The summed E-state index contributed by atoms with van der Waals surface area (Å²) in [6.45, 7) is 6.55. The molecule has 0 aliphatic carbocycles. The Labute approximate surface area is 192 Å². The lowest BCUT2D eigenvalue weighted by molar-refractivity contribution is -0.130. The third-order valence-electron chi connectivity index (χ3n) is 5.46. The second kappa shape index (κ2) is 8.75. The fraction of sp³-hybridized carbons (Fsp3) is 0.269. The third-order valence-corrected chi connectivity index (χ3v) is 5.71. The first-order chi connectivity index (χ1) is 15.2. The van der Waals surface area contributed by atoms with Gasteiger partial charge < -0.3 is 19.9 Å². The van der Waals surface area contributed by atoms with Crippen LogP contribution in [0.1, 0.15) is 43.5 Å². The van der Waals surface area contributed by atoms with Crippen LogP contribution in [-0.2, 0) is 10.2 Å². The van der Waals surface area contributed by atoms with Gasteiger partial charge in [-0.3, -0.25) is 4.79 Å². The van der Waals surface area contributed by atoms with Gasteiger partial charge in [-0.25, -0.2) is 0 Å². The van der Waals surface area contributed by atoms with Gasteiger partial charge >= 0.3 is 0 Å². The highest BCUT2D eigenvalue weighted by Gasteiger charge is 2.30. The van der Waals surface area contributed by atoms with Crippen molar-refractivity contribution in [2.75, 3.05) is 6.61 Å². The fourth-order valence-corrected chi connectivity index (χ4v) is 3.75. The first-order valence-corrected chi connectivity index (χ1v) is 10.9. The van der Waals surface area contributed by atoms with Gasteiger partial charge in [0.25, 0.3) is 5.91 Å². The zero-order valence-electron chi connectivity index (χ0n) is 18.3. The second-order valence-corrected chi connectivity index (χ2v) is 9.35. The van der Waals surface area contributed by atoms with Gasteiger partial charge in [0.15, 0.2) is 11.5 Å². The average Bonchev–Trinajstić information content (AvgIpc) is 2.77. The van der Waals surface area contributed by atoms with Crippen LogP contribution in [0.25, 0.3) is 0 Å². The monoisotopic (exact) mass is 451 g/mol. The van der Waals surface area contributed by atoms with E-state index in [1.54, 1.807) is 6.07 Å². The summed E-state index contributed by atoms with van der Waals surface area (Å²) in [7, 11) is 0. The number of ether oxygens (including phenoxy) is 2. The Morgan fingerprint density at radius 1 is 1.03 bits per heavy atom. The first-order valence-electron chi connectivity index (χ1n) is 10.5. The molecule has 5 nitrogen and oxygen atoms in total. The number of rotatable bonds is 4. The Hall–Kier alpha value is -3.18. The predicted molar refractivity (Wildman–Crippen MR) is 125 cm³/mol. The molecular weight excluding hydrogens is 426 g/mol. The van der Waals surface area contributed by atoms with E-state index in [-0.39, 0.29) is 23.7 Å². The molecule has 1 heterocycles. The van der Waals surface area contributed by atoms with Crippen LogP contribution in [0.15, 0.2) is 66.7 Å². The van der Waals surface area contributed by atoms with Gasteiger partial charge in [-0.05, 0) is 46.4 Å². The molecule has 2 N–H and O–H groups in total. The highest BCUT2D eigenvalue weighted by molar-refractivity contribution is 6.30. The molecule has 0 saturated heterocycles. The van der Waals surface area contributed by atoms with E-state index in [2.05, 4.69) is 38.2 Å². The van der Waals surface area contributed by atoms with E-state index in [9.17, 15) is 9.90 Å². The van der Waals surface area contributed by atoms with E-state index in [4.69, 9.17) is 21.1 Å². The summed E-state index contributed by atoms with van der Waals surface area (Å²) in [5.74, 6) is 0.583. The molecular formula is C26H26ClNO4. The summed E-state index contributed by atoms with van der Waals surface area (Å²) >= 11 is 6.09. The number of benzene rings is 3. The van der Waals surface area contributed by atoms with Crippen LogP contribution in [-0.4, -0.2) is 23.7 Å². The number of halogens is 1. The van der Waals surface area contributed by atoms with Crippen molar-refractivity contribution in [3.63, 3.8) is 0 Å². The Morgan fingerprint density at radius 2 is 1.78 bits per heavy atom. The van der Waals surface area contributed by atoms with Crippen molar-refractivity contribution in [1.29, 1.82) is 0 Å². The first kappa shape index (κ1) is 22.0. The quantitative estimate of drug-likeness (QED) is 0.558. The van der Waals surface area contributed by atoms with Crippen molar-refractivity contribution in [2.45, 2.75) is 38.3 Å². The molecule has 1 aliphatic rings. The zero-order valence-corrected chi connectivity index (χ0v) is 19.0. The summed E-state index contributed by atoms with van der Waals surface area (Å²) in [6.07, 6.45) is -0.843. The molecule has 2 atom stereocenters. The van der Waals surface area contributed by atoms with Gasteiger partial charge in [-0.2, -0.15) is 0 Å². The summed E-state index contributed by atoms with van der Waals surface area (Å²) in [4.78, 5) is 13.2. The van der Waals surface area contributed by atoms with Crippen molar-refractivity contribution >= 4 is 17.5 Å². The second-order valence-electron chi connectivity index (χ2n) is 8.92. The van der Waals surface area contributed by atoms with E-state index in [0.717, 1.165) is 11.1 Å². The Bertz CT molecular complexity index is 1120. The number of nitrogens with one attached hydrogen (secondary N) is 1. The van der Waals surface area contributed by atoms with E-state index in [1.165, 1.54) is 17.7 Å². The average molecular weight is 452 g/mol. The molecule has 0 fully saturated rings. The third kappa shape index (κ3) is 4.83. The van der Waals surface area contributed by atoms with Crippen molar-refractivity contribution in [2.24, 2.45) is 0 Å².